The fraction of sp³-hybridized carbons (Fsp3) is 0.300. The van der Waals surface area contributed by atoms with E-state index in [9.17, 15) is 13.2 Å². The number of aliphatic imine (C=N–C) groups is 1. The molecule has 2 atom stereocenters. The Morgan fingerprint density at radius 2 is 2.00 bits per heavy atom. The first-order chi connectivity index (χ1) is 13.8. The van der Waals surface area contributed by atoms with Crippen LogP contribution in [0.2, 0.25) is 5.02 Å². The predicted octanol–water partition coefficient (Wildman–Crippen LogP) is 3.36. The minimum Gasteiger partial charge on any atom is -0.325 e. The molecule has 1 amide bonds. The number of nitrogens with zero attached hydrogens (tertiary/aromatic N) is 2. The monoisotopic (exact) mass is 449 g/mol. The number of amides is 1. The summed E-state index contributed by atoms with van der Waals surface area (Å²) < 4.78 is 23.7. The zero-order valence-electron chi connectivity index (χ0n) is 15.7. The molecule has 1 fully saturated rings. The topological polar surface area (TPSA) is 78.8 Å². The quantitative estimate of drug-likeness (QED) is 0.774. The second kappa shape index (κ2) is 8.01. The Bertz CT molecular complexity index is 1070. The SMILES string of the molecule is Cc1cccc(NC(=O)CN(C2=N[C@H]3CS(=O)(=O)C[C@@H]3S2)c2ccc(Cl)cc2)c1. The minimum absolute atomic E-state index is 0.0631. The van der Waals surface area contributed by atoms with Crippen molar-refractivity contribution in [2.45, 2.75) is 18.2 Å². The van der Waals surface area contributed by atoms with E-state index in [4.69, 9.17) is 11.6 Å². The van der Waals surface area contributed by atoms with Crippen LogP contribution in [0.25, 0.3) is 0 Å². The predicted molar refractivity (Wildman–Crippen MR) is 120 cm³/mol. The number of sulfone groups is 1. The summed E-state index contributed by atoms with van der Waals surface area (Å²) in [6.07, 6.45) is 0. The second-order valence-electron chi connectivity index (χ2n) is 7.19. The third-order valence-corrected chi connectivity index (χ3v) is 8.28. The van der Waals surface area contributed by atoms with Crippen LogP contribution in [0.15, 0.2) is 53.5 Å². The lowest BCUT2D eigenvalue weighted by Gasteiger charge is -2.24. The lowest BCUT2D eigenvalue weighted by molar-refractivity contribution is -0.114. The van der Waals surface area contributed by atoms with Gasteiger partial charge in [-0.3, -0.25) is 9.79 Å². The molecule has 2 aromatic rings. The van der Waals surface area contributed by atoms with E-state index in [1.807, 2.05) is 48.2 Å². The highest BCUT2D eigenvalue weighted by Crippen LogP contribution is 2.37. The van der Waals surface area contributed by atoms with Gasteiger partial charge in [-0.2, -0.15) is 0 Å². The minimum atomic E-state index is -3.04. The van der Waals surface area contributed by atoms with Crippen molar-refractivity contribution in [3.8, 4) is 0 Å². The number of thioether (sulfide) groups is 1. The molecule has 2 aromatic carbocycles. The number of carbonyl (C=O) groups is 1. The highest BCUT2D eigenvalue weighted by molar-refractivity contribution is 8.15. The van der Waals surface area contributed by atoms with Crippen molar-refractivity contribution in [3.05, 3.63) is 59.1 Å². The van der Waals surface area contributed by atoms with E-state index in [2.05, 4.69) is 10.3 Å². The number of halogens is 1. The highest BCUT2D eigenvalue weighted by Gasteiger charge is 2.44. The van der Waals surface area contributed by atoms with Crippen LogP contribution >= 0.6 is 23.4 Å². The summed E-state index contributed by atoms with van der Waals surface area (Å²) in [6, 6.07) is 14.5. The van der Waals surface area contributed by atoms with Gasteiger partial charge in [0.1, 0.15) is 6.54 Å². The molecular formula is C20H20ClN3O3S2. The number of anilines is 2. The molecule has 152 valence electrons. The molecule has 0 saturated carbocycles. The third-order valence-electron chi connectivity index (χ3n) is 4.78. The van der Waals surface area contributed by atoms with Gasteiger partial charge in [0.05, 0.1) is 17.5 Å². The summed E-state index contributed by atoms with van der Waals surface area (Å²) >= 11 is 7.44. The standard InChI is InChI=1S/C20H20ClN3O3S2/c1-13-3-2-4-15(9-13)22-19(25)10-24(16-7-5-14(21)6-8-16)20-23-17-11-29(26,27)12-18(17)28-20/h2-9,17-18H,10-12H2,1H3,(H,22,25)/t17-,18-/m0/s1. The molecule has 4 rings (SSSR count). The Balaban J connectivity index is 1.56. The number of hydrogen-bond donors (Lipinski definition) is 1. The van der Waals surface area contributed by atoms with Gasteiger partial charge in [0.2, 0.25) is 5.91 Å². The number of carbonyl (C=O) groups excluding carboxylic acids is 1. The molecular weight excluding hydrogens is 430 g/mol. The first-order valence-corrected chi connectivity index (χ1v) is 12.2. The Labute approximate surface area is 179 Å². The van der Waals surface area contributed by atoms with Gasteiger partial charge in [-0.05, 0) is 48.9 Å². The fourth-order valence-electron chi connectivity index (χ4n) is 3.43. The van der Waals surface area contributed by atoms with Gasteiger partial charge < -0.3 is 10.2 Å². The van der Waals surface area contributed by atoms with Crippen LogP contribution in [0, 0.1) is 6.92 Å². The molecule has 1 N–H and O–H groups in total. The first kappa shape index (κ1) is 20.3. The average Bonchev–Trinajstić information content (AvgIpc) is 3.14. The van der Waals surface area contributed by atoms with E-state index in [1.165, 1.54) is 11.8 Å². The van der Waals surface area contributed by atoms with Gasteiger partial charge in [-0.25, -0.2) is 8.42 Å². The van der Waals surface area contributed by atoms with Crippen LogP contribution in [-0.2, 0) is 14.6 Å². The van der Waals surface area contributed by atoms with E-state index >= 15 is 0 Å². The van der Waals surface area contributed by atoms with E-state index in [0.29, 0.717) is 10.2 Å². The van der Waals surface area contributed by atoms with E-state index < -0.39 is 9.84 Å². The maximum Gasteiger partial charge on any atom is 0.244 e. The molecule has 2 heterocycles. The lowest BCUT2D eigenvalue weighted by atomic mass is 10.2. The number of fused-ring (bicyclic) bond motifs is 1. The lowest BCUT2D eigenvalue weighted by Crippen LogP contribution is -2.36. The Morgan fingerprint density at radius 1 is 1.24 bits per heavy atom. The Morgan fingerprint density at radius 3 is 2.69 bits per heavy atom. The summed E-state index contributed by atoms with van der Waals surface area (Å²) in [5, 5.41) is 4.08. The molecule has 6 nitrogen and oxygen atoms in total. The molecule has 0 aliphatic carbocycles. The van der Waals surface area contributed by atoms with E-state index in [1.54, 1.807) is 12.1 Å². The van der Waals surface area contributed by atoms with Gasteiger partial charge in [0.25, 0.3) is 0 Å². The number of hydrogen-bond acceptors (Lipinski definition) is 6. The van der Waals surface area contributed by atoms with E-state index in [-0.39, 0.29) is 35.2 Å². The van der Waals surface area contributed by atoms with Gasteiger partial charge in [0.15, 0.2) is 15.0 Å². The summed E-state index contributed by atoms with van der Waals surface area (Å²) in [6.45, 7) is 2.03. The summed E-state index contributed by atoms with van der Waals surface area (Å²) in [5.74, 6) is 0.00994. The molecule has 1 saturated heterocycles. The normalized spacial score (nSPS) is 22.1. The van der Waals surface area contributed by atoms with Crippen molar-refractivity contribution in [2.24, 2.45) is 4.99 Å². The van der Waals surface area contributed by atoms with Crippen LogP contribution in [0.1, 0.15) is 5.56 Å². The Kier molecular flexibility index (Phi) is 5.59. The van der Waals surface area contributed by atoms with Crippen LogP contribution in [-0.4, -0.2) is 48.8 Å². The molecule has 0 radical (unpaired) electrons. The summed E-state index contributed by atoms with van der Waals surface area (Å²) in [7, 11) is -3.04. The summed E-state index contributed by atoms with van der Waals surface area (Å²) in [5.41, 5.74) is 2.57. The molecule has 9 heteroatoms. The molecule has 0 unspecified atom stereocenters. The van der Waals surface area contributed by atoms with E-state index in [0.717, 1.165) is 16.9 Å². The average molecular weight is 450 g/mol. The van der Waals surface area contributed by atoms with Crippen molar-refractivity contribution in [3.63, 3.8) is 0 Å². The number of benzene rings is 2. The number of aryl methyl sites for hydroxylation is 1. The molecule has 0 spiro atoms. The van der Waals surface area contributed by atoms with Crippen LogP contribution in [0.4, 0.5) is 11.4 Å². The maximum atomic E-state index is 12.7. The fourth-order valence-corrected chi connectivity index (χ4v) is 7.33. The number of amidine groups is 1. The molecule has 2 aliphatic heterocycles. The Hall–Kier alpha value is -2.03. The van der Waals surface area contributed by atoms with Gasteiger partial charge >= 0.3 is 0 Å². The van der Waals surface area contributed by atoms with Crippen molar-refractivity contribution in [2.75, 3.05) is 28.3 Å². The number of rotatable bonds is 4. The molecule has 2 aliphatic rings. The van der Waals surface area contributed by atoms with Gasteiger partial charge in [0, 0.05) is 21.6 Å². The zero-order chi connectivity index (χ0) is 20.6. The maximum absolute atomic E-state index is 12.7. The smallest absolute Gasteiger partial charge is 0.244 e. The second-order valence-corrected chi connectivity index (χ2v) is 11.0. The van der Waals surface area contributed by atoms with Crippen LogP contribution in [0.3, 0.4) is 0 Å². The van der Waals surface area contributed by atoms with Crippen LogP contribution < -0.4 is 10.2 Å². The zero-order valence-corrected chi connectivity index (χ0v) is 18.1. The highest BCUT2D eigenvalue weighted by atomic mass is 35.5. The third kappa shape index (κ3) is 4.76. The van der Waals surface area contributed by atoms with Crippen molar-refractivity contribution < 1.29 is 13.2 Å². The first-order valence-electron chi connectivity index (χ1n) is 9.13. The van der Waals surface area contributed by atoms with Gasteiger partial charge in [-0.1, -0.05) is 35.5 Å². The van der Waals surface area contributed by atoms with Crippen LogP contribution in [0.5, 0.6) is 0 Å². The van der Waals surface area contributed by atoms with Crippen molar-refractivity contribution >= 4 is 55.6 Å². The van der Waals surface area contributed by atoms with Gasteiger partial charge in [-0.15, -0.1) is 0 Å². The van der Waals surface area contributed by atoms with Crippen molar-refractivity contribution in [1.82, 2.24) is 0 Å². The number of nitrogens with one attached hydrogen (secondary N) is 1. The molecule has 0 bridgehead atoms. The largest absolute Gasteiger partial charge is 0.325 e. The summed E-state index contributed by atoms with van der Waals surface area (Å²) in [4.78, 5) is 19.2. The van der Waals surface area contributed by atoms with Crippen molar-refractivity contribution in [1.29, 1.82) is 0 Å². The molecule has 0 aromatic heterocycles. The molecule has 29 heavy (non-hydrogen) atoms.